The monoisotopic (exact) mass is 445 g/mol. The lowest BCUT2D eigenvalue weighted by atomic mass is 10.1. The predicted octanol–water partition coefficient (Wildman–Crippen LogP) is 3.35. The van der Waals surface area contributed by atoms with Crippen LogP contribution in [0.4, 0.5) is 0 Å². The summed E-state index contributed by atoms with van der Waals surface area (Å²) in [6.07, 6.45) is 0.734. The van der Waals surface area contributed by atoms with Gasteiger partial charge in [0.25, 0.3) is 0 Å². The van der Waals surface area contributed by atoms with Crippen LogP contribution in [0.15, 0.2) is 23.2 Å². The fourth-order valence-corrected chi connectivity index (χ4v) is 2.38. The molecule has 1 aromatic rings. The summed E-state index contributed by atoms with van der Waals surface area (Å²) in [4.78, 5) is 4.16. The van der Waals surface area contributed by atoms with Crippen LogP contribution in [-0.4, -0.2) is 39.3 Å². The normalized spacial score (nSPS) is 12.5. The third-order valence-corrected chi connectivity index (χ3v) is 3.46. The highest BCUT2D eigenvalue weighted by atomic mass is 127. The van der Waals surface area contributed by atoms with Gasteiger partial charge in [-0.1, -0.05) is 29.3 Å². The highest BCUT2D eigenvalue weighted by molar-refractivity contribution is 14.0. The minimum atomic E-state index is 0. The van der Waals surface area contributed by atoms with Crippen LogP contribution in [-0.2, 0) is 11.2 Å². The molecule has 0 bridgehead atoms. The second-order valence-electron chi connectivity index (χ2n) is 4.45. The van der Waals surface area contributed by atoms with Crippen LogP contribution in [0.2, 0.25) is 10.0 Å². The first-order valence-electron chi connectivity index (χ1n) is 6.47. The van der Waals surface area contributed by atoms with E-state index in [0.29, 0.717) is 23.2 Å². The Morgan fingerprint density at radius 3 is 2.48 bits per heavy atom. The maximum Gasteiger partial charge on any atom is 0.191 e. The van der Waals surface area contributed by atoms with E-state index >= 15 is 0 Å². The highest BCUT2D eigenvalue weighted by Crippen LogP contribution is 2.24. The number of methoxy groups -OCH3 is 1. The molecule has 2 N–H and O–H groups in total. The molecule has 0 aliphatic heterocycles. The van der Waals surface area contributed by atoms with E-state index in [1.54, 1.807) is 14.2 Å². The van der Waals surface area contributed by atoms with Crippen molar-refractivity contribution in [3.63, 3.8) is 0 Å². The van der Waals surface area contributed by atoms with Crippen LogP contribution in [0.5, 0.6) is 0 Å². The maximum atomic E-state index is 6.13. The summed E-state index contributed by atoms with van der Waals surface area (Å²) >= 11 is 12.3. The smallest absolute Gasteiger partial charge is 0.191 e. The molecule has 0 radical (unpaired) electrons. The third kappa shape index (κ3) is 7.54. The number of guanidine groups is 1. The number of hydrogen-bond acceptors (Lipinski definition) is 2. The molecule has 0 saturated carbocycles. The lowest BCUT2D eigenvalue weighted by molar-refractivity contribution is 0.179. The number of benzene rings is 1. The molecule has 0 saturated heterocycles. The Labute approximate surface area is 153 Å². The zero-order valence-electron chi connectivity index (χ0n) is 12.5. The lowest BCUT2D eigenvalue weighted by Gasteiger charge is -2.17. The van der Waals surface area contributed by atoms with Crippen LogP contribution in [0, 0.1) is 0 Å². The maximum absolute atomic E-state index is 6.13. The fraction of sp³-hybridized carbons (Fsp3) is 0.500. The van der Waals surface area contributed by atoms with Gasteiger partial charge in [0.15, 0.2) is 5.96 Å². The molecule has 0 aliphatic carbocycles. The van der Waals surface area contributed by atoms with Gasteiger partial charge in [-0.2, -0.15) is 0 Å². The van der Waals surface area contributed by atoms with Gasteiger partial charge in [-0.15, -0.1) is 24.0 Å². The van der Waals surface area contributed by atoms with E-state index in [9.17, 15) is 0 Å². The van der Waals surface area contributed by atoms with Gasteiger partial charge >= 0.3 is 0 Å². The molecule has 1 atom stereocenters. The molecule has 1 rings (SSSR count). The predicted molar refractivity (Wildman–Crippen MR) is 101 cm³/mol. The van der Waals surface area contributed by atoms with Crippen molar-refractivity contribution in [1.29, 1.82) is 0 Å². The van der Waals surface area contributed by atoms with Crippen LogP contribution in [0.3, 0.4) is 0 Å². The van der Waals surface area contributed by atoms with E-state index in [1.165, 1.54) is 0 Å². The Morgan fingerprint density at radius 1 is 1.33 bits per heavy atom. The first-order chi connectivity index (χ1) is 9.58. The number of ether oxygens (including phenoxy) is 1. The van der Waals surface area contributed by atoms with Crippen LogP contribution in [0.1, 0.15) is 12.5 Å². The van der Waals surface area contributed by atoms with Crippen molar-refractivity contribution in [2.24, 2.45) is 4.99 Å². The van der Waals surface area contributed by atoms with Gasteiger partial charge in [0.05, 0.1) is 6.61 Å². The van der Waals surface area contributed by atoms with E-state index < -0.39 is 0 Å². The van der Waals surface area contributed by atoms with Crippen molar-refractivity contribution in [2.75, 3.05) is 27.3 Å². The van der Waals surface area contributed by atoms with Gasteiger partial charge in [-0.3, -0.25) is 4.99 Å². The Hall–Kier alpha value is -0.240. The Morgan fingerprint density at radius 2 is 1.95 bits per heavy atom. The van der Waals surface area contributed by atoms with Gasteiger partial charge in [0.1, 0.15) is 0 Å². The number of aliphatic imine (C=N–C) groups is 1. The molecule has 0 spiro atoms. The van der Waals surface area contributed by atoms with Crippen LogP contribution >= 0.6 is 47.2 Å². The quantitative estimate of drug-likeness (QED) is 0.401. The van der Waals surface area contributed by atoms with Crippen molar-refractivity contribution in [3.05, 3.63) is 33.8 Å². The number of nitrogens with one attached hydrogen (secondary N) is 2. The summed E-state index contributed by atoms with van der Waals surface area (Å²) < 4.78 is 5.07. The summed E-state index contributed by atoms with van der Waals surface area (Å²) in [6.45, 7) is 3.35. The summed E-state index contributed by atoms with van der Waals surface area (Å²) in [5, 5.41) is 7.84. The average molecular weight is 446 g/mol. The standard InChI is InChI=1S/C14H21Cl2N3O.HI/c1-10(9-20-3)19-14(17-2)18-8-7-11-12(15)5-4-6-13(11)16;/h4-6,10H,7-9H2,1-3H3,(H2,17,18,19);1H. The molecule has 21 heavy (non-hydrogen) atoms. The fourth-order valence-electron chi connectivity index (χ4n) is 1.80. The average Bonchev–Trinajstić information content (AvgIpc) is 2.41. The minimum absolute atomic E-state index is 0. The lowest BCUT2D eigenvalue weighted by Crippen LogP contribution is -2.44. The first-order valence-corrected chi connectivity index (χ1v) is 7.23. The van der Waals surface area contributed by atoms with Crippen molar-refractivity contribution in [3.8, 4) is 0 Å². The van der Waals surface area contributed by atoms with E-state index in [1.807, 2.05) is 25.1 Å². The van der Waals surface area contributed by atoms with E-state index in [2.05, 4.69) is 15.6 Å². The molecular weight excluding hydrogens is 424 g/mol. The molecule has 0 fully saturated rings. The molecule has 4 nitrogen and oxygen atoms in total. The van der Waals surface area contributed by atoms with Crippen molar-refractivity contribution >= 4 is 53.1 Å². The molecular formula is C14H22Cl2IN3O. The SMILES string of the molecule is CN=C(NCCc1c(Cl)cccc1Cl)NC(C)COC.I. The highest BCUT2D eigenvalue weighted by Gasteiger charge is 2.07. The summed E-state index contributed by atoms with van der Waals surface area (Å²) in [7, 11) is 3.41. The van der Waals surface area contributed by atoms with Gasteiger partial charge in [0, 0.05) is 36.8 Å². The molecule has 0 amide bonds. The van der Waals surface area contributed by atoms with Crippen molar-refractivity contribution in [2.45, 2.75) is 19.4 Å². The molecule has 1 aromatic carbocycles. The second-order valence-corrected chi connectivity index (χ2v) is 5.26. The Balaban J connectivity index is 0.00000400. The summed E-state index contributed by atoms with van der Waals surface area (Å²) in [5.41, 5.74) is 0.948. The number of hydrogen-bond donors (Lipinski definition) is 2. The largest absolute Gasteiger partial charge is 0.383 e. The van der Waals surface area contributed by atoms with Gasteiger partial charge < -0.3 is 15.4 Å². The van der Waals surface area contributed by atoms with Gasteiger partial charge in [-0.05, 0) is 31.0 Å². The minimum Gasteiger partial charge on any atom is -0.383 e. The Bertz CT molecular complexity index is 438. The van der Waals surface area contributed by atoms with E-state index in [4.69, 9.17) is 27.9 Å². The van der Waals surface area contributed by atoms with Crippen LogP contribution in [0.25, 0.3) is 0 Å². The zero-order valence-corrected chi connectivity index (χ0v) is 16.3. The molecule has 7 heteroatoms. The van der Waals surface area contributed by atoms with E-state index in [-0.39, 0.29) is 30.0 Å². The molecule has 0 aromatic heterocycles. The topological polar surface area (TPSA) is 45.7 Å². The van der Waals surface area contributed by atoms with Gasteiger partial charge in [0.2, 0.25) is 0 Å². The second kappa shape index (κ2) is 11.3. The third-order valence-electron chi connectivity index (χ3n) is 2.75. The van der Waals surface area contributed by atoms with E-state index in [0.717, 1.165) is 17.9 Å². The Kier molecular flexibility index (Phi) is 11.2. The van der Waals surface area contributed by atoms with Crippen molar-refractivity contribution in [1.82, 2.24) is 10.6 Å². The number of nitrogens with zero attached hydrogens (tertiary/aromatic N) is 1. The molecule has 0 aliphatic rings. The number of halogens is 3. The zero-order chi connectivity index (χ0) is 15.0. The summed E-state index contributed by atoms with van der Waals surface area (Å²) in [5.74, 6) is 0.734. The van der Waals surface area contributed by atoms with Gasteiger partial charge in [-0.25, -0.2) is 0 Å². The molecule has 0 heterocycles. The van der Waals surface area contributed by atoms with Crippen LogP contribution < -0.4 is 10.6 Å². The van der Waals surface area contributed by atoms with Crippen molar-refractivity contribution < 1.29 is 4.74 Å². The summed E-state index contributed by atoms with van der Waals surface area (Å²) in [6, 6.07) is 5.72. The first kappa shape index (κ1) is 20.8. The molecule has 120 valence electrons. The molecule has 1 unspecified atom stereocenters. The number of rotatable bonds is 6.